The number of hydrogen-bond acceptors (Lipinski definition) is 4. The Morgan fingerprint density at radius 1 is 1.55 bits per heavy atom. The lowest BCUT2D eigenvalue weighted by Crippen LogP contribution is -2.06. The molecule has 0 amide bonds. The Hall–Kier alpha value is -1.40. The highest BCUT2D eigenvalue weighted by molar-refractivity contribution is 9.10. The lowest BCUT2D eigenvalue weighted by atomic mass is 10.1. The van der Waals surface area contributed by atoms with Crippen molar-refractivity contribution < 1.29 is 9.90 Å². The molecule has 1 aromatic heterocycles. The van der Waals surface area contributed by atoms with Gasteiger partial charge in [0.15, 0.2) is 5.13 Å². The number of hydrogen-bond donors (Lipinski definition) is 2. The fraction of sp³-hybridized carbons (Fsp3) is 0.286. The van der Waals surface area contributed by atoms with Crippen LogP contribution in [0.3, 0.4) is 0 Å². The molecule has 1 atom stereocenters. The molecule has 0 aliphatic carbocycles. The van der Waals surface area contributed by atoms with Crippen LogP contribution in [0.4, 0.5) is 5.13 Å². The van der Waals surface area contributed by atoms with Crippen LogP contribution in [-0.4, -0.2) is 16.1 Å². The average Bonchev–Trinajstić information content (AvgIpc) is 2.84. The first-order valence-electron chi connectivity index (χ1n) is 6.23. The summed E-state index contributed by atoms with van der Waals surface area (Å²) < 4.78 is 1.05. The van der Waals surface area contributed by atoms with E-state index in [1.807, 2.05) is 17.5 Å². The van der Waals surface area contributed by atoms with Gasteiger partial charge < -0.3 is 10.4 Å². The molecule has 0 spiro atoms. The van der Waals surface area contributed by atoms with Gasteiger partial charge in [-0.2, -0.15) is 0 Å². The number of thiazole rings is 1. The van der Waals surface area contributed by atoms with E-state index in [2.05, 4.69) is 45.3 Å². The Bertz CT molecular complexity index is 600. The summed E-state index contributed by atoms with van der Waals surface area (Å²) in [4.78, 5) is 14.9. The monoisotopic (exact) mass is 354 g/mol. The number of aliphatic carboxylic acids is 1. The molecule has 0 saturated heterocycles. The molecule has 1 aromatic carbocycles. The maximum Gasteiger partial charge on any atom is 0.303 e. The molecule has 2 rings (SSSR count). The van der Waals surface area contributed by atoms with Crippen LogP contribution in [-0.2, 0) is 11.2 Å². The van der Waals surface area contributed by atoms with Gasteiger partial charge in [0.2, 0.25) is 0 Å². The topological polar surface area (TPSA) is 62.2 Å². The zero-order chi connectivity index (χ0) is 14.5. The highest BCUT2D eigenvalue weighted by atomic mass is 79.9. The summed E-state index contributed by atoms with van der Waals surface area (Å²) in [5.41, 5.74) is 1.99. The second-order valence-electron chi connectivity index (χ2n) is 4.46. The number of rotatable bonds is 6. The summed E-state index contributed by atoms with van der Waals surface area (Å²) in [5, 5.41) is 14.7. The van der Waals surface area contributed by atoms with E-state index in [0.717, 1.165) is 15.3 Å². The summed E-state index contributed by atoms with van der Waals surface area (Å²) in [5.74, 6) is -0.796. The first-order valence-corrected chi connectivity index (χ1v) is 7.90. The van der Waals surface area contributed by atoms with Crippen molar-refractivity contribution in [1.29, 1.82) is 0 Å². The molecule has 0 fully saturated rings. The smallest absolute Gasteiger partial charge is 0.303 e. The number of benzene rings is 1. The minimum atomic E-state index is -0.796. The standard InChI is InChI=1S/C14H15BrN2O2S/c1-9(10-3-2-4-11(15)7-10)16-14-17-12(8-20-14)5-6-13(18)19/h2-4,7-9H,5-6H2,1H3,(H,16,17)(H,18,19). The third-order valence-electron chi connectivity index (χ3n) is 2.84. The summed E-state index contributed by atoms with van der Waals surface area (Å²) in [7, 11) is 0. The Kier molecular flexibility index (Phi) is 5.14. The van der Waals surface area contributed by atoms with Gasteiger partial charge in [-0.15, -0.1) is 11.3 Å². The molecular weight excluding hydrogens is 340 g/mol. The number of aromatic nitrogens is 1. The molecule has 1 heterocycles. The summed E-state index contributed by atoms with van der Waals surface area (Å²) >= 11 is 4.96. The van der Waals surface area contributed by atoms with E-state index in [4.69, 9.17) is 5.11 Å². The molecule has 2 N–H and O–H groups in total. The van der Waals surface area contributed by atoms with Gasteiger partial charge in [-0.1, -0.05) is 28.1 Å². The van der Waals surface area contributed by atoms with Crippen molar-refractivity contribution in [3.63, 3.8) is 0 Å². The van der Waals surface area contributed by atoms with Gasteiger partial charge in [-0.25, -0.2) is 4.98 Å². The third-order valence-corrected chi connectivity index (χ3v) is 4.15. The Morgan fingerprint density at radius 2 is 2.35 bits per heavy atom. The van der Waals surface area contributed by atoms with Crippen LogP contribution in [0, 0.1) is 0 Å². The highest BCUT2D eigenvalue weighted by Gasteiger charge is 2.09. The summed E-state index contributed by atoms with van der Waals surface area (Å²) in [6.07, 6.45) is 0.586. The number of anilines is 1. The van der Waals surface area contributed by atoms with E-state index in [1.165, 1.54) is 16.9 Å². The van der Waals surface area contributed by atoms with Crippen LogP contribution < -0.4 is 5.32 Å². The van der Waals surface area contributed by atoms with E-state index in [0.29, 0.717) is 6.42 Å². The number of carboxylic acid groups (broad SMARTS) is 1. The van der Waals surface area contributed by atoms with Crippen LogP contribution in [0.25, 0.3) is 0 Å². The third kappa shape index (κ3) is 4.31. The summed E-state index contributed by atoms with van der Waals surface area (Å²) in [6, 6.07) is 8.25. The van der Waals surface area contributed by atoms with E-state index in [1.54, 1.807) is 0 Å². The maximum atomic E-state index is 10.5. The van der Waals surface area contributed by atoms with Crippen molar-refractivity contribution in [2.45, 2.75) is 25.8 Å². The minimum absolute atomic E-state index is 0.115. The number of nitrogens with one attached hydrogen (secondary N) is 1. The van der Waals surface area contributed by atoms with Gasteiger partial charge >= 0.3 is 5.97 Å². The van der Waals surface area contributed by atoms with Crippen LogP contribution in [0.1, 0.15) is 30.6 Å². The van der Waals surface area contributed by atoms with Crippen molar-refractivity contribution in [1.82, 2.24) is 4.98 Å². The number of carboxylic acids is 1. The van der Waals surface area contributed by atoms with E-state index in [-0.39, 0.29) is 12.5 Å². The molecule has 6 heteroatoms. The summed E-state index contributed by atoms with van der Waals surface area (Å²) in [6.45, 7) is 2.07. The molecule has 1 unspecified atom stereocenters. The van der Waals surface area contributed by atoms with Crippen molar-refractivity contribution in [2.24, 2.45) is 0 Å². The van der Waals surface area contributed by atoms with Gasteiger partial charge in [0.05, 0.1) is 18.2 Å². The molecule has 20 heavy (non-hydrogen) atoms. The number of carbonyl (C=O) groups is 1. The van der Waals surface area contributed by atoms with Crippen molar-refractivity contribution in [3.05, 3.63) is 45.4 Å². The second kappa shape index (κ2) is 6.85. The predicted octanol–water partition coefficient (Wildman–Crippen LogP) is 4.10. The molecule has 2 aromatic rings. The number of halogens is 1. The molecule has 0 aliphatic rings. The lowest BCUT2D eigenvalue weighted by Gasteiger charge is -2.13. The molecule has 4 nitrogen and oxygen atoms in total. The van der Waals surface area contributed by atoms with Crippen LogP contribution in [0.5, 0.6) is 0 Å². The fourth-order valence-electron chi connectivity index (χ4n) is 1.77. The molecule has 0 bridgehead atoms. The lowest BCUT2D eigenvalue weighted by molar-refractivity contribution is -0.136. The zero-order valence-electron chi connectivity index (χ0n) is 11.0. The normalized spacial score (nSPS) is 12.1. The Morgan fingerprint density at radius 3 is 3.05 bits per heavy atom. The highest BCUT2D eigenvalue weighted by Crippen LogP contribution is 2.24. The van der Waals surface area contributed by atoms with E-state index < -0.39 is 5.97 Å². The molecule has 0 radical (unpaired) electrons. The average molecular weight is 355 g/mol. The SMILES string of the molecule is CC(Nc1nc(CCC(=O)O)cs1)c1cccc(Br)c1. The van der Waals surface area contributed by atoms with E-state index >= 15 is 0 Å². The first-order chi connectivity index (χ1) is 9.54. The van der Waals surface area contributed by atoms with Gasteiger partial charge in [0.1, 0.15) is 0 Å². The predicted molar refractivity (Wildman–Crippen MR) is 84.3 cm³/mol. The molecule has 0 aliphatic heterocycles. The van der Waals surface area contributed by atoms with Crippen LogP contribution >= 0.6 is 27.3 Å². The molecule has 106 valence electrons. The van der Waals surface area contributed by atoms with Crippen molar-refractivity contribution in [2.75, 3.05) is 5.32 Å². The quantitative estimate of drug-likeness (QED) is 0.819. The largest absolute Gasteiger partial charge is 0.481 e. The van der Waals surface area contributed by atoms with Crippen molar-refractivity contribution >= 4 is 38.4 Å². The molecule has 0 saturated carbocycles. The minimum Gasteiger partial charge on any atom is -0.481 e. The first kappa shape index (κ1) is 15.0. The van der Waals surface area contributed by atoms with Crippen molar-refractivity contribution in [3.8, 4) is 0 Å². The molecular formula is C14H15BrN2O2S. The maximum absolute atomic E-state index is 10.5. The van der Waals surface area contributed by atoms with E-state index in [9.17, 15) is 4.79 Å². The van der Waals surface area contributed by atoms with Gasteiger partial charge in [-0.3, -0.25) is 4.79 Å². The van der Waals surface area contributed by atoms with Crippen LogP contribution in [0.2, 0.25) is 0 Å². The van der Waals surface area contributed by atoms with Gasteiger partial charge in [0.25, 0.3) is 0 Å². The number of aryl methyl sites for hydroxylation is 1. The van der Waals surface area contributed by atoms with Crippen LogP contribution in [0.15, 0.2) is 34.1 Å². The van der Waals surface area contributed by atoms with Gasteiger partial charge in [-0.05, 0) is 24.6 Å². The fourth-order valence-corrected chi connectivity index (χ4v) is 3.02. The Labute approximate surface area is 130 Å². The Balaban J connectivity index is 1.97. The zero-order valence-corrected chi connectivity index (χ0v) is 13.4. The van der Waals surface area contributed by atoms with Gasteiger partial charge in [0, 0.05) is 16.3 Å². The number of nitrogens with zero attached hydrogens (tertiary/aromatic N) is 1. The second-order valence-corrected chi connectivity index (χ2v) is 6.23.